The lowest BCUT2D eigenvalue weighted by molar-refractivity contribution is -0.118. The maximum absolute atomic E-state index is 12.8. The number of hydrogen-bond acceptors (Lipinski definition) is 4. The fourth-order valence-electron chi connectivity index (χ4n) is 3.91. The third-order valence-corrected chi connectivity index (χ3v) is 6.82. The molecule has 6 heteroatoms. The van der Waals surface area contributed by atoms with Gasteiger partial charge in [0.1, 0.15) is 11.1 Å². The Hall–Kier alpha value is -3.25. The number of anilines is 2. The van der Waals surface area contributed by atoms with Gasteiger partial charge in [-0.3, -0.25) is 14.5 Å². The van der Waals surface area contributed by atoms with Gasteiger partial charge in [-0.05, 0) is 53.9 Å². The molecule has 1 N–H and O–H groups in total. The first kappa shape index (κ1) is 22.0. The standard InChI is InChI=1S/C26H26N2O3S/c1-3-23(18-7-5-4-6-8-18)25(30)27-20-11-9-19(10-12-20)26-28(24(29)17-32-26)21-13-15-22(31-2)16-14-21/h4-16,23,26H,3,17H2,1-2H3,(H,27,30)/t23-,26+/m1/s1. The molecule has 2 amide bonds. The maximum Gasteiger partial charge on any atom is 0.238 e. The number of thioether (sulfide) groups is 1. The Balaban J connectivity index is 1.48. The molecule has 0 radical (unpaired) electrons. The summed E-state index contributed by atoms with van der Waals surface area (Å²) in [6.45, 7) is 2.02. The molecule has 1 aliphatic heterocycles. The monoisotopic (exact) mass is 446 g/mol. The third-order valence-electron chi connectivity index (χ3n) is 5.61. The zero-order valence-electron chi connectivity index (χ0n) is 18.2. The van der Waals surface area contributed by atoms with Crippen LogP contribution in [0.15, 0.2) is 78.9 Å². The van der Waals surface area contributed by atoms with Gasteiger partial charge in [-0.2, -0.15) is 0 Å². The van der Waals surface area contributed by atoms with Crippen LogP contribution < -0.4 is 15.0 Å². The first-order valence-electron chi connectivity index (χ1n) is 10.6. The summed E-state index contributed by atoms with van der Waals surface area (Å²) >= 11 is 1.60. The Bertz CT molecular complexity index is 1070. The second-order valence-corrected chi connectivity index (χ2v) is 8.68. The van der Waals surface area contributed by atoms with Crippen molar-refractivity contribution in [3.05, 3.63) is 90.0 Å². The summed E-state index contributed by atoms with van der Waals surface area (Å²) < 4.78 is 5.22. The van der Waals surface area contributed by atoms with Crippen molar-refractivity contribution < 1.29 is 14.3 Å². The smallest absolute Gasteiger partial charge is 0.238 e. The summed E-state index contributed by atoms with van der Waals surface area (Å²) in [5.74, 6) is 1.06. The molecule has 0 aromatic heterocycles. The lowest BCUT2D eigenvalue weighted by Gasteiger charge is -2.24. The van der Waals surface area contributed by atoms with Crippen molar-refractivity contribution in [2.75, 3.05) is 23.1 Å². The van der Waals surface area contributed by atoms with Crippen LogP contribution in [0.2, 0.25) is 0 Å². The van der Waals surface area contributed by atoms with Crippen LogP contribution >= 0.6 is 11.8 Å². The van der Waals surface area contributed by atoms with Crippen LogP contribution in [0.4, 0.5) is 11.4 Å². The topological polar surface area (TPSA) is 58.6 Å². The molecule has 1 fully saturated rings. The number of rotatable bonds is 7. The molecule has 4 rings (SSSR count). The third kappa shape index (κ3) is 4.65. The van der Waals surface area contributed by atoms with E-state index < -0.39 is 0 Å². The Labute approximate surface area is 192 Å². The summed E-state index contributed by atoms with van der Waals surface area (Å²) in [5.41, 5.74) is 3.63. The average Bonchev–Trinajstić information content (AvgIpc) is 3.22. The number of methoxy groups -OCH3 is 1. The van der Waals surface area contributed by atoms with E-state index in [4.69, 9.17) is 4.74 Å². The number of carbonyl (C=O) groups excluding carboxylic acids is 2. The van der Waals surface area contributed by atoms with Crippen molar-refractivity contribution in [1.29, 1.82) is 0 Å². The van der Waals surface area contributed by atoms with E-state index in [9.17, 15) is 9.59 Å². The molecule has 1 aliphatic rings. The zero-order chi connectivity index (χ0) is 22.5. The average molecular weight is 447 g/mol. The van der Waals surface area contributed by atoms with Gasteiger partial charge in [0.2, 0.25) is 11.8 Å². The van der Waals surface area contributed by atoms with Gasteiger partial charge >= 0.3 is 0 Å². The fraction of sp³-hybridized carbons (Fsp3) is 0.231. The number of hydrogen-bond donors (Lipinski definition) is 1. The van der Waals surface area contributed by atoms with Crippen LogP contribution in [0.25, 0.3) is 0 Å². The van der Waals surface area contributed by atoms with Gasteiger partial charge in [0.05, 0.1) is 18.8 Å². The van der Waals surface area contributed by atoms with Crippen LogP contribution in [0.3, 0.4) is 0 Å². The quantitative estimate of drug-likeness (QED) is 0.513. The summed E-state index contributed by atoms with van der Waals surface area (Å²) in [4.78, 5) is 27.2. The van der Waals surface area contributed by atoms with E-state index in [1.807, 2.05) is 90.7 Å². The normalized spacial score (nSPS) is 16.6. The Morgan fingerprint density at radius 3 is 2.38 bits per heavy atom. The predicted molar refractivity (Wildman–Crippen MR) is 130 cm³/mol. The Kier molecular flexibility index (Phi) is 6.81. The van der Waals surface area contributed by atoms with E-state index in [1.165, 1.54) is 0 Å². The summed E-state index contributed by atoms with van der Waals surface area (Å²) in [6, 6.07) is 25.1. The minimum atomic E-state index is -0.190. The largest absolute Gasteiger partial charge is 0.497 e. The fourth-order valence-corrected chi connectivity index (χ4v) is 5.09. The summed E-state index contributed by atoms with van der Waals surface area (Å²) in [7, 11) is 1.62. The van der Waals surface area contributed by atoms with E-state index >= 15 is 0 Å². The number of benzene rings is 3. The number of carbonyl (C=O) groups is 2. The first-order chi connectivity index (χ1) is 15.6. The van der Waals surface area contributed by atoms with Crippen molar-refractivity contribution >= 4 is 35.0 Å². The van der Waals surface area contributed by atoms with Gasteiger partial charge < -0.3 is 10.1 Å². The molecule has 0 aliphatic carbocycles. The highest BCUT2D eigenvalue weighted by Crippen LogP contribution is 2.42. The molecule has 2 atom stereocenters. The molecule has 3 aromatic carbocycles. The van der Waals surface area contributed by atoms with Crippen LogP contribution in [-0.4, -0.2) is 24.7 Å². The molecule has 32 heavy (non-hydrogen) atoms. The molecule has 1 saturated heterocycles. The molecule has 1 heterocycles. The highest BCUT2D eigenvalue weighted by atomic mass is 32.2. The van der Waals surface area contributed by atoms with Crippen LogP contribution in [-0.2, 0) is 9.59 Å². The number of nitrogens with one attached hydrogen (secondary N) is 1. The van der Waals surface area contributed by atoms with Crippen molar-refractivity contribution in [3.8, 4) is 5.75 Å². The lowest BCUT2D eigenvalue weighted by Crippen LogP contribution is -2.27. The highest BCUT2D eigenvalue weighted by molar-refractivity contribution is 8.00. The van der Waals surface area contributed by atoms with E-state index in [0.29, 0.717) is 5.75 Å². The predicted octanol–water partition coefficient (Wildman–Crippen LogP) is 5.61. The summed E-state index contributed by atoms with van der Waals surface area (Å²) in [5, 5.41) is 2.93. The van der Waals surface area contributed by atoms with E-state index in [2.05, 4.69) is 5.32 Å². The van der Waals surface area contributed by atoms with Gasteiger partial charge in [0.25, 0.3) is 0 Å². The molecule has 0 bridgehead atoms. The molecule has 0 saturated carbocycles. The summed E-state index contributed by atoms with van der Waals surface area (Å²) in [6.07, 6.45) is 0.728. The van der Waals surface area contributed by atoms with E-state index in [-0.39, 0.29) is 23.1 Å². The minimum Gasteiger partial charge on any atom is -0.497 e. The maximum atomic E-state index is 12.8. The van der Waals surface area contributed by atoms with Crippen molar-refractivity contribution in [3.63, 3.8) is 0 Å². The molecular weight excluding hydrogens is 420 g/mol. The van der Waals surface area contributed by atoms with E-state index in [1.54, 1.807) is 18.9 Å². The second kappa shape index (κ2) is 9.92. The van der Waals surface area contributed by atoms with E-state index in [0.717, 1.165) is 34.7 Å². The highest BCUT2D eigenvalue weighted by Gasteiger charge is 2.34. The number of nitrogens with zero attached hydrogens (tertiary/aromatic N) is 1. The van der Waals surface area contributed by atoms with Gasteiger partial charge in [0.15, 0.2) is 0 Å². The van der Waals surface area contributed by atoms with Crippen LogP contribution in [0.5, 0.6) is 5.75 Å². The number of ether oxygens (including phenoxy) is 1. The van der Waals surface area contributed by atoms with Crippen LogP contribution in [0.1, 0.15) is 35.8 Å². The minimum absolute atomic E-state index is 0.0169. The van der Waals surface area contributed by atoms with Gasteiger partial charge in [-0.25, -0.2) is 0 Å². The molecule has 0 unspecified atom stereocenters. The second-order valence-electron chi connectivity index (χ2n) is 7.61. The number of amides is 2. The Morgan fingerprint density at radius 1 is 1.06 bits per heavy atom. The van der Waals surface area contributed by atoms with Gasteiger partial charge in [0, 0.05) is 11.4 Å². The zero-order valence-corrected chi connectivity index (χ0v) is 19.0. The molecule has 5 nitrogen and oxygen atoms in total. The van der Waals surface area contributed by atoms with Crippen molar-refractivity contribution in [2.45, 2.75) is 24.6 Å². The van der Waals surface area contributed by atoms with Gasteiger partial charge in [-0.1, -0.05) is 49.4 Å². The van der Waals surface area contributed by atoms with Crippen molar-refractivity contribution in [2.24, 2.45) is 0 Å². The van der Waals surface area contributed by atoms with Crippen molar-refractivity contribution in [1.82, 2.24) is 0 Å². The molecule has 3 aromatic rings. The molecule has 164 valence electrons. The Morgan fingerprint density at radius 2 is 1.75 bits per heavy atom. The first-order valence-corrected chi connectivity index (χ1v) is 11.7. The SMILES string of the molecule is CC[C@@H](C(=O)Nc1ccc([C@@H]2SCC(=O)N2c2ccc(OC)cc2)cc1)c1ccccc1. The molecule has 0 spiro atoms. The van der Waals surface area contributed by atoms with Crippen LogP contribution in [0, 0.1) is 0 Å². The lowest BCUT2D eigenvalue weighted by atomic mass is 9.95. The van der Waals surface area contributed by atoms with Gasteiger partial charge in [-0.15, -0.1) is 11.8 Å². The molecular formula is C26H26N2O3S.